The van der Waals surface area contributed by atoms with Crippen molar-refractivity contribution in [2.75, 3.05) is 24.7 Å². The van der Waals surface area contributed by atoms with Crippen LogP contribution in [0.1, 0.15) is 19.3 Å². The van der Waals surface area contributed by atoms with Gasteiger partial charge in [0.2, 0.25) is 0 Å². The first-order valence-corrected chi connectivity index (χ1v) is 7.87. The molecule has 1 aromatic rings. The summed E-state index contributed by atoms with van der Waals surface area (Å²) in [6.07, 6.45) is 5.23. The van der Waals surface area contributed by atoms with Gasteiger partial charge < -0.3 is 4.90 Å². The van der Waals surface area contributed by atoms with Gasteiger partial charge in [0.15, 0.2) is 9.84 Å². The summed E-state index contributed by atoms with van der Waals surface area (Å²) in [6.45, 7) is 1.04. The lowest BCUT2D eigenvalue weighted by Crippen LogP contribution is -2.18. The van der Waals surface area contributed by atoms with Crippen LogP contribution in [0.25, 0.3) is 0 Å². The summed E-state index contributed by atoms with van der Waals surface area (Å²) in [5.41, 5.74) is 1.08. The van der Waals surface area contributed by atoms with E-state index in [1.54, 1.807) is 12.1 Å². The third kappa shape index (κ3) is 3.46. The number of hydrogen-bond acceptors (Lipinski definition) is 3. The van der Waals surface area contributed by atoms with Crippen molar-refractivity contribution in [1.82, 2.24) is 0 Å². The third-order valence-corrected chi connectivity index (χ3v) is 4.40. The Labute approximate surface area is 103 Å². The maximum Gasteiger partial charge on any atom is 0.175 e. The Bertz CT molecular complexity index is 475. The van der Waals surface area contributed by atoms with Gasteiger partial charge in [-0.3, -0.25) is 0 Å². The standard InChI is InChI=1S/C13H19NO2S/c1-14(10-9-11-3-4-11)12-5-7-13(8-6-12)17(2,15)16/h5-8,11H,3-4,9-10H2,1-2H3. The second-order valence-electron chi connectivity index (χ2n) is 4.92. The maximum absolute atomic E-state index is 11.3. The molecule has 0 saturated heterocycles. The normalized spacial score (nSPS) is 15.9. The lowest BCUT2D eigenvalue weighted by atomic mass is 10.2. The molecule has 0 heterocycles. The van der Waals surface area contributed by atoms with Gasteiger partial charge in [-0.15, -0.1) is 0 Å². The monoisotopic (exact) mass is 253 g/mol. The van der Waals surface area contributed by atoms with Crippen molar-refractivity contribution >= 4 is 15.5 Å². The van der Waals surface area contributed by atoms with Gasteiger partial charge >= 0.3 is 0 Å². The van der Waals surface area contributed by atoms with Crippen LogP contribution in [0.3, 0.4) is 0 Å². The average Bonchev–Trinajstić information content (AvgIpc) is 3.09. The van der Waals surface area contributed by atoms with E-state index in [0.29, 0.717) is 4.90 Å². The molecule has 0 aromatic heterocycles. The number of hydrogen-bond donors (Lipinski definition) is 0. The molecule has 1 saturated carbocycles. The maximum atomic E-state index is 11.3. The Kier molecular flexibility index (Phi) is 3.43. The van der Waals surface area contributed by atoms with Gasteiger partial charge in [-0.1, -0.05) is 12.8 Å². The van der Waals surface area contributed by atoms with Crippen molar-refractivity contribution in [3.05, 3.63) is 24.3 Å². The number of sulfone groups is 1. The highest BCUT2D eigenvalue weighted by Gasteiger charge is 2.21. The molecule has 0 atom stereocenters. The molecule has 0 bridgehead atoms. The molecule has 4 heteroatoms. The van der Waals surface area contributed by atoms with Crippen LogP contribution in [0.15, 0.2) is 29.2 Å². The molecule has 0 radical (unpaired) electrons. The first kappa shape index (κ1) is 12.4. The van der Waals surface area contributed by atoms with Crippen molar-refractivity contribution in [1.29, 1.82) is 0 Å². The molecular weight excluding hydrogens is 234 g/mol. The van der Waals surface area contributed by atoms with Crippen molar-refractivity contribution in [3.8, 4) is 0 Å². The third-order valence-electron chi connectivity index (χ3n) is 3.28. The van der Waals surface area contributed by atoms with Crippen LogP contribution in [0.5, 0.6) is 0 Å². The fourth-order valence-corrected chi connectivity index (χ4v) is 2.49. The summed E-state index contributed by atoms with van der Waals surface area (Å²) in [5, 5.41) is 0. The second-order valence-corrected chi connectivity index (χ2v) is 6.94. The van der Waals surface area contributed by atoms with Crippen molar-refractivity contribution in [2.24, 2.45) is 5.92 Å². The molecule has 0 aliphatic heterocycles. The van der Waals surface area contributed by atoms with E-state index >= 15 is 0 Å². The predicted molar refractivity (Wildman–Crippen MR) is 70.2 cm³/mol. The molecule has 1 aliphatic carbocycles. The number of rotatable bonds is 5. The predicted octanol–water partition coefficient (Wildman–Crippen LogP) is 2.33. The molecule has 1 fully saturated rings. The summed E-state index contributed by atoms with van der Waals surface area (Å²) in [7, 11) is -1.03. The van der Waals surface area contributed by atoms with E-state index < -0.39 is 9.84 Å². The SMILES string of the molecule is CN(CCC1CC1)c1ccc(S(C)(=O)=O)cc1. The molecule has 3 nitrogen and oxygen atoms in total. The van der Waals surface area contributed by atoms with Crippen LogP contribution in [0.4, 0.5) is 5.69 Å². The minimum Gasteiger partial charge on any atom is -0.375 e. The molecule has 0 spiro atoms. The van der Waals surface area contributed by atoms with Crippen molar-refractivity contribution < 1.29 is 8.42 Å². The van der Waals surface area contributed by atoms with E-state index in [-0.39, 0.29) is 0 Å². The number of nitrogens with zero attached hydrogens (tertiary/aromatic N) is 1. The van der Waals surface area contributed by atoms with Gasteiger partial charge in [0.05, 0.1) is 4.90 Å². The quantitative estimate of drug-likeness (QED) is 0.808. The van der Waals surface area contributed by atoms with Crippen molar-refractivity contribution in [2.45, 2.75) is 24.2 Å². The highest BCUT2D eigenvalue weighted by Crippen LogP contribution is 2.32. The Morgan fingerprint density at radius 1 is 1.24 bits per heavy atom. The molecule has 17 heavy (non-hydrogen) atoms. The average molecular weight is 253 g/mol. The van der Waals surface area contributed by atoms with Gasteiger partial charge in [-0.05, 0) is 36.6 Å². The van der Waals surface area contributed by atoms with E-state index in [1.807, 2.05) is 12.1 Å². The molecular formula is C13H19NO2S. The van der Waals surface area contributed by atoms with E-state index in [0.717, 1.165) is 18.2 Å². The molecule has 2 rings (SSSR count). The topological polar surface area (TPSA) is 37.4 Å². The lowest BCUT2D eigenvalue weighted by molar-refractivity contribution is 0.602. The lowest BCUT2D eigenvalue weighted by Gasteiger charge is -2.19. The zero-order chi connectivity index (χ0) is 12.5. The number of benzene rings is 1. The van der Waals surface area contributed by atoms with E-state index in [9.17, 15) is 8.42 Å². The van der Waals surface area contributed by atoms with Gasteiger partial charge in [0.1, 0.15) is 0 Å². The Hall–Kier alpha value is -1.03. The largest absolute Gasteiger partial charge is 0.375 e. The summed E-state index contributed by atoms with van der Waals surface area (Å²) < 4.78 is 22.6. The van der Waals surface area contributed by atoms with Gasteiger partial charge in [-0.2, -0.15) is 0 Å². The summed E-state index contributed by atoms with van der Waals surface area (Å²) >= 11 is 0. The highest BCUT2D eigenvalue weighted by atomic mass is 32.2. The molecule has 1 aromatic carbocycles. The van der Waals surface area contributed by atoms with Crippen molar-refractivity contribution in [3.63, 3.8) is 0 Å². The molecule has 0 unspecified atom stereocenters. The Balaban J connectivity index is 2.00. The van der Waals surface area contributed by atoms with Crippen LogP contribution in [0.2, 0.25) is 0 Å². The van der Waals surface area contributed by atoms with Crippen LogP contribution in [0, 0.1) is 5.92 Å². The Morgan fingerprint density at radius 3 is 2.29 bits per heavy atom. The minimum absolute atomic E-state index is 0.386. The van der Waals surface area contributed by atoms with Gasteiger partial charge in [0, 0.05) is 25.5 Å². The van der Waals surface area contributed by atoms with Crippen LogP contribution < -0.4 is 4.90 Å². The minimum atomic E-state index is -3.08. The number of anilines is 1. The fraction of sp³-hybridized carbons (Fsp3) is 0.538. The van der Waals surface area contributed by atoms with E-state index in [1.165, 1.54) is 25.5 Å². The smallest absolute Gasteiger partial charge is 0.175 e. The molecule has 1 aliphatic rings. The first-order valence-electron chi connectivity index (χ1n) is 5.98. The van der Waals surface area contributed by atoms with Gasteiger partial charge in [-0.25, -0.2) is 8.42 Å². The summed E-state index contributed by atoms with van der Waals surface area (Å²) in [6, 6.07) is 7.11. The second kappa shape index (κ2) is 4.69. The zero-order valence-electron chi connectivity index (χ0n) is 10.4. The van der Waals surface area contributed by atoms with Crippen LogP contribution in [-0.4, -0.2) is 28.3 Å². The summed E-state index contributed by atoms with van der Waals surface area (Å²) in [4.78, 5) is 2.57. The van der Waals surface area contributed by atoms with E-state index in [4.69, 9.17) is 0 Å². The Morgan fingerprint density at radius 2 is 1.82 bits per heavy atom. The highest BCUT2D eigenvalue weighted by molar-refractivity contribution is 7.90. The van der Waals surface area contributed by atoms with Crippen LogP contribution in [-0.2, 0) is 9.84 Å². The van der Waals surface area contributed by atoms with Crippen LogP contribution >= 0.6 is 0 Å². The van der Waals surface area contributed by atoms with E-state index in [2.05, 4.69) is 11.9 Å². The molecule has 94 valence electrons. The van der Waals surface area contributed by atoms with Gasteiger partial charge in [0.25, 0.3) is 0 Å². The fourth-order valence-electron chi connectivity index (χ4n) is 1.86. The molecule has 0 amide bonds. The molecule has 0 N–H and O–H groups in total. The summed E-state index contributed by atoms with van der Waals surface area (Å²) in [5.74, 6) is 0.924. The first-order chi connectivity index (χ1) is 7.97. The zero-order valence-corrected chi connectivity index (χ0v) is 11.2.